The quantitative estimate of drug-likeness (QED) is 0.345. The highest BCUT2D eigenvalue weighted by Gasteiger charge is 2.01. The number of hydrogen-bond acceptors (Lipinski definition) is 3. The van der Waals surface area contributed by atoms with E-state index in [1.54, 1.807) is 12.1 Å². The van der Waals surface area contributed by atoms with Gasteiger partial charge in [-0.05, 0) is 12.2 Å². The van der Waals surface area contributed by atoms with E-state index in [9.17, 15) is 4.79 Å². The van der Waals surface area contributed by atoms with Gasteiger partial charge in [0.15, 0.2) is 10.9 Å². The third-order valence-corrected chi connectivity index (χ3v) is 1.73. The molecule has 5 heteroatoms. The van der Waals surface area contributed by atoms with Crippen LogP contribution in [0.4, 0.5) is 0 Å². The van der Waals surface area contributed by atoms with Crippen LogP contribution in [0.3, 0.4) is 0 Å². The van der Waals surface area contributed by atoms with Crippen molar-refractivity contribution < 1.29 is 4.79 Å². The molecule has 4 nitrogen and oxygen atoms in total. The summed E-state index contributed by atoms with van der Waals surface area (Å²) in [5.41, 5.74) is 8.19. The highest BCUT2D eigenvalue weighted by atomic mass is 32.1. The fourth-order valence-electron chi connectivity index (χ4n) is 0.980. The van der Waals surface area contributed by atoms with Gasteiger partial charge in [-0.3, -0.25) is 10.2 Å². The second-order valence-electron chi connectivity index (χ2n) is 2.78. The smallest absolute Gasteiger partial charge is 0.184 e. The summed E-state index contributed by atoms with van der Waals surface area (Å²) in [6.45, 7) is 0. The third kappa shape index (κ3) is 4.33. The van der Waals surface area contributed by atoms with Gasteiger partial charge in [0.1, 0.15) is 0 Å². The zero-order valence-electron chi connectivity index (χ0n) is 8.01. The van der Waals surface area contributed by atoms with Crippen LogP contribution in [0, 0.1) is 0 Å². The van der Waals surface area contributed by atoms with E-state index < -0.39 is 0 Å². The molecule has 1 aromatic carbocycles. The number of benzene rings is 1. The largest absolute Gasteiger partial charge is 0.375 e. The van der Waals surface area contributed by atoms with Gasteiger partial charge >= 0.3 is 0 Å². The van der Waals surface area contributed by atoms with Gasteiger partial charge in [-0.1, -0.05) is 30.3 Å². The molecule has 1 rings (SSSR count). The van der Waals surface area contributed by atoms with Gasteiger partial charge in [-0.25, -0.2) is 0 Å². The summed E-state index contributed by atoms with van der Waals surface area (Å²) < 4.78 is 0. The molecule has 0 aromatic heterocycles. The zero-order chi connectivity index (χ0) is 11.1. The van der Waals surface area contributed by atoms with Crippen LogP contribution in [0.5, 0.6) is 0 Å². The predicted octanol–water partition coefficient (Wildman–Crippen LogP) is 1.08. The first-order chi connectivity index (χ1) is 7.20. The number of nitrogens with one attached hydrogen (secondary N) is 1. The van der Waals surface area contributed by atoms with Crippen LogP contribution in [0.2, 0.25) is 0 Å². The lowest BCUT2D eigenvalue weighted by Crippen LogP contribution is -2.24. The lowest BCUT2D eigenvalue weighted by Gasteiger charge is -1.96. The molecule has 0 aliphatic carbocycles. The average molecular weight is 221 g/mol. The summed E-state index contributed by atoms with van der Waals surface area (Å²) >= 11 is 4.54. The Morgan fingerprint density at radius 1 is 1.47 bits per heavy atom. The predicted molar refractivity (Wildman–Crippen MR) is 63.8 cm³/mol. The summed E-state index contributed by atoms with van der Waals surface area (Å²) in [5.74, 6) is 0.00379. The van der Waals surface area contributed by atoms with Crippen molar-refractivity contribution in [2.24, 2.45) is 10.8 Å². The summed E-state index contributed by atoms with van der Waals surface area (Å²) in [6, 6.07) is 9.02. The van der Waals surface area contributed by atoms with E-state index >= 15 is 0 Å². The molecule has 0 amide bonds. The highest BCUT2D eigenvalue weighted by Crippen LogP contribution is 2.01. The number of ketones is 1. The van der Waals surface area contributed by atoms with Crippen LogP contribution in [0.15, 0.2) is 35.4 Å². The molecular formula is C10H11N3OS. The second-order valence-corrected chi connectivity index (χ2v) is 3.22. The summed E-state index contributed by atoms with van der Waals surface area (Å²) in [6.07, 6.45) is 1.66. The molecular weight excluding hydrogens is 210 g/mol. The van der Waals surface area contributed by atoms with Gasteiger partial charge in [-0.15, -0.1) is 0 Å². The van der Waals surface area contributed by atoms with Crippen molar-refractivity contribution in [2.45, 2.75) is 6.42 Å². The van der Waals surface area contributed by atoms with Crippen molar-refractivity contribution >= 4 is 29.3 Å². The minimum absolute atomic E-state index is 0.00379. The number of nitrogens with two attached hydrogens (primary N) is 1. The molecule has 78 valence electrons. The number of Topliss-reactive ketones (excluding diaryl/α,β-unsaturated/α-hetero) is 1. The maximum atomic E-state index is 11.5. The Morgan fingerprint density at radius 2 is 2.13 bits per heavy atom. The Labute approximate surface area is 93.2 Å². The first-order valence-electron chi connectivity index (χ1n) is 4.35. The van der Waals surface area contributed by atoms with Gasteiger partial charge in [0.25, 0.3) is 0 Å². The maximum absolute atomic E-state index is 11.5. The Balaban J connectivity index is 2.44. The van der Waals surface area contributed by atoms with Crippen molar-refractivity contribution in [3.63, 3.8) is 0 Å². The number of carbonyl (C=O) groups is 1. The first-order valence-corrected chi connectivity index (χ1v) is 4.76. The fourth-order valence-corrected chi connectivity index (χ4v) is 1.03. The van der Waals surface area contributed by atoms with E-state index in [0.717, 1.165) is 0 Å². The van der Waals surface area contributed by atoms with Crippen LogP contribution in [-0.2, 0) is 0 Å². The van der Waals surface area contributed by atoms with Gasteiger partial charge in [-0.2, -0.15) is 5.10 Å². The molecule has 1 aromatic rings. The average Bonchev–Trinajstić information content (AvgIpc) is 2.25. The van der Waals surface area contributed by atoms with E-state index in [0.29, 0.717) is 5.56 Å². The normalized spacial score (nSPS) is 10.1. The van der Waals surface area contributed by atoms with E-state index in [4.69, 9.17) is 5.73 Å². The molecule has 0 spiro atoms. The molecule has 0 saturated carbocycles. The third-order valence-electron chi connectivity index (χ3n) is 1.64. The van der Waals surface area contributed by atoms with Crippen molar-refractivity contribution in [3.8, 4) is 0 Å². The molecule has 0 fully saturated rings. The van der Waals surface area contributed by atoms with Crippen molar-refractivity contribution in [1.29, 1.82) is 0 Å². The van der Waals surface area contributed by atoms with E-state index in [-0.39, 0.29) is 17.3 Å². The van der Waals surface area contributed by atoms with Crippen LogP contribution < -0.4 is 11.2 Å². The van der Waals surface area contributed by atoms with Gasteiger partial charge in [0, 0.05) is 18.2 Å². The Kier molecular flexibility index (Phi) is 4.43. The van der Waals surface area contributed by atoms with Gasteiger partial charge < -0.3 is 5.73 Å². The Hall–Kier alpha value is -1.75. The number of hydrazone groups is 1. The fraction of sp³-hybridized carbons (Fsp3) is 0.100. The zero-order valence-corrected chi connectivity index (χ0v) is 8.83. The number of hydrogen-bond donors (Lipinski definition) is 2. The molecule has 0 radical (unpaired) electrons. The standard InChI is InChI=1S/C10H11N3OS/c11-10(15)13-12-7-6-9(14)8-4-2-1-3-5-8/h1-5,7H,6H2,(H3,11,13,15)/b12-7+. The maximum Gasteiger partial charge on any atom is 0.184 e. The Bertz CT molecular complexity index is 376. The minimum atomic E-state index is 0.00379. The molecule has 0 heterocycles. The lowest BCUT2D eigenvalue weighted by atomic mass is 10.1. The SMILES string of the molecule is NC(=S)N/N=C/CC(=O)c1ccccc1. The van der Waals surface area contributed by atoms with Crippen molar-refractivity contribution in [3.05, 3.63) is 35.9 Å². The molecule has 0 aliphatic rings. The molecule has 15 heavy (non-hydrogen) atoms. The molecule has 3 N–H and O–H groups in total. The van der Waals surface area contributed by atoms with E-state index in [1.807, 2.05) is 18.2 Å². The molecule has 0 aliphatic heterocycles. The van der Waals surface area contributed by atoms with Crippen LogP contribution in [0.25, 0.3) is 0 Å². The van der Waals surface area contributed by atoms with Crippen molar-refractivity contribution in [2.75, 3.05) is 0 Å². The van der Waals surface area contributed by atoms with Crippen LogP contribution >= 0.6 is 12.2 Å². The number of carbonyl (C=O) groups excluding carboxylic acids is 1. The van der Waals surface area contributed by atoms with Gasteiger partial charge in [0.05, 0.1) is 0 Å². The topological polar surface area (TPSA) is 67.5 Å². The lowest BCUT2D eigenvalue weighted by molar-refractivity contribution is 0.100. The monoisotopic (exact) mass is 221 g/mol. The second kappa shape index (κ2) is 5.87. The molecule has 0 unspecified atom stereocenters. The minimum Gasteiger partial charge on any atom is -0.375 e. The van der Waals surface area contributed by atoms with Crippen molar-refractivity contribution in [1.82, 2.24) is 5.43 Å². The van der Waals surface area contributed by atoms with E-state index in [1.165, 1.54) is 6.21 Å². The summed E-state index contributed by atoms with van der Waals surface area (Å²) in [4.78, 5) is 11.5. The Morgan fingerprint density at radius 3 is 2.73 bits per heavy atom. The molecule has 0 bridgehead atoms. The van der Waals surface area contributed by atoms with Crippen LogP contribution in [0.1, 0.15) is 16.8 Å². The first kappa shape index (κ1) is 11.3. The van der Waals surface area contributed by atoms with Crippen LogP contribution in [-0.4, -0.2) is 17.1 Å². The highest BCUT2D eigenvalue weighted by molar-refractivity contribution is 7.80. The number of thiocarbonyl (C=S) groups is 1. The molecule has 0 atom stereocenters. The van der Waals surface area contributed by atoms with Gasteiger partial charge in [0.2, 0.25) is 0 Å². The summed E-state index contributed by atoms with van der Waals surface area (Å²) in [7, 11) is 0. The number of nitrogens with zero attached hydrogens (tertiary/aromatic N) is 1. The molecule has 0 saturated heterocycles. The summed E-state index contributed by atoms with van der Waals surface area (Å²) in [5, 5.41) is 3.76. The number of rotatable bonds is 4. The van der Waals surface area contributed by atoms with E-state index in [2.05, 4.69) is 22.7 Å².